The van der Waals surface area contributed by atoms with E-state index < -0.39 is 11.2 Å². The van der Waals surface area contributed by atoms with Gasteiger partial charge in [-0.15, -0.1) is 0 Å². The summed E-state index contributed by atoms with van der Waals surface area (Å²) >= 11 is 3.01. The lowest BCUT2D eigenvalue weighted by Gasteiger charge is -2.05. The van der Waals surface area contributed by atoms with Gasteiger partial charge in [0.15, 0.2) is 0 Å². The number of halogens is 1. The monoisotopic (exact) mass is 263 g/mol. The fourth-order valence-corrected chi connectivity index (χ4v) is 1.17. The summed E-state index contributed by atoms with van der Waals surface area (Å²) in [5.41, 5.74) is 4.25. The van der Waals surface area contributed by atoms with Crippen molar-refractivity contribution in [3.8, 4) is 0 Å². The Hall–Kier alpha value is -0.920. The highest BCUT2D eigenvalue weighted by Gasteiger charge is 2.00. The Labute approximate surface area is 87.8 Å². The van der Waals surface area contributed by atoms with E-state index in [9.17, 15) is 9.59 Å². The molecule has 0 saturated carbocycles. The molecule has 0 bridgehead atoms. The topological polar surface area (TPSA) is 90.1 Å². The molecule has 3 N–H and O–H groups in total. The molecular formula is C7H10BrN3O3. The minimum atomic E-state index is -0.504. The molecule has 78 valence electrons. The van der Waals surface area contributed by atoms with Crippen molar-refractivity contribution in [2.45, 2.75) is 6.73 Å². The van der Waals surface area contributed by atoms with Gasteiger partial charge in [0.05, 0.1) is 11.1 Å². The highest BCUT2D eigenvalue weighted by Crippen LogP contribution is 1.97. The van der Waals surface area contributed by atoms with Gasteiger partial charge in [0.2, 0.25) is 0 Å². The van der Waals surface area contributed by atoms with E-state index in [0.717, 1.165) is 0 Å². The van der Waals surface area contributed by atoms with Crippen LogP contribution in [0.25, 0.3) is 0 Å². The lowest BCUT2D eigenvalue weighted by Crippen LogP contribution is -2.30. The number of hydrogen-bond acceptors (Lipinski definition) is 4. The molecule has 1 aromatic heterocycles. The van der Waals surface area contributed by atoms with Crippen molar-refractivity contribution < 1.29 is 4.74 Å². The number of nitrogens with zero attached hydrogens (tertiary/aromatic N) is 1. The Morgan fingerprint density at radius 3 is 2.93 bits per heavy atom. The van der Waals surface area contributed by atoms with E-state index in [-0.39, 0.29) is 11.2 Å². The van der Waals surface area contributed by atoms with Crippen molar-refractivity contribution in [1.29, 1.82) is 0 Å². The van der Waals surface area contributed by atoms with E-state index in [1.54, 1.807) is 0 Å². The first-order valence-electron chi connectivity index (χ1n) is 3.92. The van der Waals surface area contributed by atoms with Crippen LogP contribution in [0.5, 0.6) is 0 Å². The van der Waals surface area contributed by atoms with Crippen LogP contribution in [-0.2, 0) is 11.5 Å². The summed E-state index contributed by atoms with van der Waals surface area (Å²) in [5, 5.41) is 0. The quantitative estimate of drug-likeness (QED) is 0.699. The number of aromatic amines is 1. The SMILES string of the molecule is NCCOCn1cc(Br)c(=O)[nH]c1=O. The summed E-state index contributed by atoms with van der Waals surface area (Å²) in [6, 6.07) is 0. The fraction of sp³-hybridized carbons (Fsp3) is 0.429. The van der Waals surface area contributed by atoms with Crippen molar-refractivity contribution in [2.75, 3.05) is 13.2 Å². The molecule has 0 radical (unpaired) electrons. The average molecular weight is 264 g/mol. The summed E-state index contributed by atoms with van der Waals surface area (Å²) < 4.78 is 6.56. The zero-order valence-corrected chi connectivity index (χ0v) is 8.91. The third kappa shape index (κ3) is 2.79. The van der Waals surface area contributed by atoms with Crippen molar-refractivity contribution in [2.24, 2.45) is 5.73 Å². The maximum absolute atomic E-state index is 11.2. The van der Waals surface area contributed by atoms with Gasteiger partial charge in [-0.05, 0) is 15.9 Å². The number of H-pyrrole nitrogens is 1. The van der Waals surface area contributed by atoms with Crippen molar-refractivity contribution in [3.05, 3.63) is 31.5 Å². The van der Waals surface area contributed by atoms with Gasteiger partial charge >= 0.3 is 5.69 Å². The number of ether oxygens (including phenoxy) is 1. The normalized spacial score (nSPS) is 10.4. The summed E-state index contributed by atoms with van der Waals surface area (Å²) in [5.74, 6) is 0. The van der Waals surface area contributed by atoms with Gasteiger partial charge < -0.3 is 10.5 Å². The van der Waals surface area contributed by atoms with E-state index in [0.29, 0.717) is 13.2 Å². The fourth-order valence-electron chi connectivity index (χ4n) is 0.825. The highest BCUT2D eigenvalue weighted by molar-refractivity contribution is 9.10. The standard InChI is InChI=1S/C7H10BrN3O3/c8-5-3-11(4-14-2-1-9)7(13)10-6(5)12/h3H,1-2,4,9H2,(H,10,12,13). The summed E-state index contributed by atoms with van der Waals surface area (Å²) in [4.78, 5) is 24.2. The van der Waals surface area contributed by atoms with Gasteiger partial charge in [-0.25, -0.2) is 4.79 Å². The predicted molar refractivity (Wildman–Crippen MR) is 54.0 cm³/mol. The molecule has 0 atom stereocenters. The summed E-state index contributed by atoms with van der Waals surface area (Å²) in [6.45, 7) is 0.827. The van der Waals surface area contributed by atoms with Gasteiger partial charge in [-0.1, -0.05) is 0 Å². The van der Waals surface area contributed by atoms with E-state index in [1.165, 1.54) is 10.8 Å². The molecular weight excluding hydrogens is 254 g/mol. The van der Waals surface area contributed by atoms with Crippen LogP contribution in [0, 0.1) is 0 Å². The second kappa shape index (κ2) is 5.08. The van der Waals surface area contributed by atoms with Gasteiger partial charge in [0, 0.05) is 12.7 Å². The third-order valence-corrected chi connectivity index (χ3v) is 2.02. The van der Waals surface area contributed by atoms with Crippen LogP contribution in [-0.4, -0.2) is 22.7 Å². The van der Waals surface area contributed by atoms with Gasteiger partial charge in [-0.2, -0.15) is 0 Å². The molecule has 14 heavy (non-hydrogen) atoms. The number of hydrogen-bond donors (Lipinski definition) is 2. The van der Waals surface area contributed by atoms with Gasteiger partial charge in [0.1, 0.15) is 6.73 Å². The first-order valence-corrected chi connectivity index (χ1v) is 4.71. The molecule has 7 heteroatoms. The Morgan fingerprint density at radius 1 is 1.57 bits per heavy atom. The molecule has 0 fully saturated rings. The Balaban J connectivity index is 2.82. The number of aromatic nitrogens is 2. The summed E-state index contributed by atoms with van der Waals surface area (Å²) in [6.07, 6.45) is 1.37. The molecule has 0 aromatic carbocycles. The summed E-state index contributed by atoms with van der Waals surface area (Å²) in [7, 11) is 0. The average Bonchev–Trinajstić information content (AvgIpc) is 2.14. The maximum Gasteiger partial charge on any atom is 0.330 e. The third-order valence-electron chi connectivity index (χ3n) is 1.46. The van der Waals surface area contributed by atoms with E-state index in [2.05, 4.69) is 20.9 Å². The smallest absolute Gasteiger partial charge is 0.330 e. The van der Waals surface area contributed by atoms with E-state index in [1.807, 2.05) is 0 Å². The lowest BCUT2D eigenvalue weighted by molar-refractivity contribution is 0.0795. The van der Waals surface area contributed by atoms with Crippen LogP contribution in [0.2, 0.25) is 0 Å². The first kappa shape index (κ1) is 11.2. The van der Waals surface area contributed by atoms with Gasteiger partial charge in [-0.3, -0.25) is 14.3 Å². The lowest BCUT2D eigenvalue weighted by atomic mass is 10.6. The van der Waals surface area contributed by atoms with Crippen molar-refractivity contribution in [1.82, 2.24) is 9.55 Å². The second-order valence-corrected chi connectivity index (χ2v) is 3.39. The molecule has 6 nitrogen and oxygen atoms in total. The molecule has 0 unspecified atom stereocenters. The van der Waals surface area contributed by atoms with Crippen LogP contribution in [0.15, 0.2) is 20.3 Å². The minimum absolute atomic E-state index is 0.0748. The molecule has 0 saturated heterocycles. The zero-order valence-electron chi connectivity index (χ0n) is 7.33. The molecule has 0 aliphatic heterocycles. The molecule has 0 spiro atoms. The number of nitrogens with two attached hydrogens (primary N) is 1. The second-order valence-electron chi connectivity index (χ2n) is 2.53. The molecule has 1 rings (SSSR count). The molecule has 0 aliphatic carbocycles. The van der Waals surface area contributed by atoms with E-state index >= 15 is 0 Å². The molecule has 0 amide bonds. The van der Waals surface area contributed by atoms with Crippen LogP contribution in [0.4, 0.5) is 0 Å². The van der Waals surface area contributed by atoms with Crippen molar-refractivity contribution >= 4 is 15.9 Å². The Kier molecular flexibility index (Phi) is 4.05. The van der Waals surface area contributed by atoms with Crippen molar-refractivity contribution in [3.63, 3.8) is 0 Å². The van der Waals surface area contributed by atoms with Crippen LogP contribution in [0.3, 0.4) is 0 Å². The predicted octanol–water partition coefficient (Wildman–Crippen LogP) is -0.768. The minimum Gasteiger partial charge on any atom is -0.359 e. The Morgan fingerprint density at radius 2 is 2.29 bits per heavy atom. The highest BCUT2D eigenvalue weighted by atomic mass is 79.9. The zero-order chi connectivity index (χ0) is 10.6. The molecule has 0 aliphatic rings. The first-order chi connectivity index (χ1) is 6.65. The van der Waals surface area contributed by atoms with Crippen LogP contribution in [0.1, 0.15) is 0 Å². The molecule has 1 aromatic rings. The van der Waals surface area contributed by atoms with Crippen LogP contribution < -0.4 is 17.0 Å². The number of nitrogens with one attached hydrogen (secondary N) is 1. The van der Waals surface area contributed by atoms with Gasteiger partial charge in [0.25, 0.3) is 5.56 Å². The largest absolute Gasteiger partial charge is 0.359 e. The van der Waals surface area contributed by atoms with Crippen LogP contribution >= 0.6 is 15.9 Å². The maximum atomic E-state index is 11.2. The molecule has 1 heterocycles. The Bertz CT molecular complexity index is 411. The number of rotatable bonds is 4. The van der Waals surface area contributed by atoms with E-state index in [4.69, 9.17) is 10.5 Å².